The van der Waals surface area contributed by atoms with Crippen molar-refractivity contribution >= 4 is 0 Å². The van der Waals surface area contributed by atoms with Crippen LogP contribution < -0.4 is 5.32 Å². The van der Waals surface area contributed by atoms with Crippen LogP contribution in [0.3, 0.4) is 0 Å². The SMILES string of the molecule is CC(C)Cc1ccc(C2CCNCC2)cc1. The molecule has 1 fully saturated rings. The van der Waals surface area contributed by atoms with Gasteiger partial charge in [-0.3, -0.25) is 0 Å². The van der Waals surface area contributed by atoms with Crippen molar-refractivity contribution in [1.29, 1.82) is 0 Å². The third kappa shape index (κ3) is 3.08. The molecular formula is C15H23N. The highest BCUT2D eigenvalue weighted by Crippen LogP contribution is 2.25. The Morgan fingerprint density at radius 3 is 2.31 bits per heavy atom. The molecule has 1 aromatic rings. The third-order valence-electron chi connectivity index (χ3n) is 3.43. The van der Waals surface area contributed by atoms with Crippen molar-refractivity contribution in [2.75, 3.05) is 13.1 Å². The molecule has 1 saturated heterocycles. The van der Waals surface area contributed by atoms with Crippen molar-refractivity contribution in [2.45, 2.75) is 39.0 Å². The van der Waals surface area contributed by atoms with Crippen LogP contribution in [0.2, 0.25) is 0 Å². The molecule has 1 heterocycles. The molecule has 0 spiro atoms. The van der Waals surface area contributed by atoms with Gasteiger partial charge in [-0.05, 0) is 55.3 Å². The quantitative estimate of drug-likeness (QED) is 0.818. The minimum atomic E-state index is 0.754. The lowest BCUT2D eigenvalue weighted by Gasteiger charge is -2.23. The van der Waals surface area contributed by atoms with Crippen LogP contribution in [-0.2, 0) is 6.42 Å². The Morgan fingerprint density at radius 1 is 1.12 bits per heavy atom. The van der Waals surface area contributed by atoms with Gasteiger partial charge in [0.05, 0.1) is 0 Å². The van der Waals surface area contributed by atoms with Crippen LogP contribution >= 0.6 is 0 Å². The van der Waals surface area contributed by atoms with Gasteiger partial charge in [0, 0.05) is 0 Å². The van der Waals surface area contributed by atoms with Crippen molar-refractivity contribution in [3.05, 3.63) is 35.4 Å². The van der Waals surface area contributed by atoms with E-state index in [1.807, 2.05) is 0 Å². The van der Waals surface area contributed by atoms with Crippen LogP contribution in [0.25, 0.3) is 0 Å². The van der Waals surface area contributed by atoms with Crippen LogP contribution in [0.15, 0.2) is 24.3 Å². The van der Waals surface area contributed by atoms with Gasteiger partial charge >= 0.3 is 0 Å². The summed E-state index contributed by atoms with van der Waals surface area (Å²) in [5.41, 5.74) is 3.02. The van der Waals surface area contributed by atoms with Crippen molar-refractivity contribution in [3.8, 4) is 0 Å². The normalized spacial score (nSPS) is 17.9. The van der Waals surface area contributed by atoms with Gasteiger partial charge in [-0.15, -0.1) is 0 Å². The van der Waals surface area contributed by atoms with E-state index >= 15 is 0 Å². The van der Waals surface area contributed by atoms with E-state index in [-0.39, 0.29) is 0 Å². The molecule has 0 bridgehead atoms. The largest absolute Gasteiger partial charge is 0.317 e. The molecule has 1 N–H and O–H groups in total. The second-order valence-electron chi connectivity index (χ2n) is 5.36. The average Bonchev–Trinajstić information content (AvgIpc) is 2.30. The molecule has 1 nitrogen and oxygen atoms in total. The Hall–Kier alpha value is -0.820. The molecule has 2 rings (SSSR count). The Morgan fingerprint density at radius 2 is 1.75 bits per heavy atom. The topological polar surface area (TPSA) is 12.0 Å². The predicted octanol–water partition coefficient (Wildman–Crippen LogP) is 3.35. The van der Waals surface area contributed by atoms with E-state index in [4.69, 9.17) is 0 Å². The van der Waals surface area contributed by atoms with Crippen molar-refractivity contribution in [3.63, 3.8) is 0 Å². The van der Waals surface area contributed by atoms with E-state index < -0.39 is 0 Å². The molecule has 0 atom stereocenters. The zero-order chi connectivity index (χ0) is 11.4. The van der Waals surface area contributed by atoms with Gasteiger partial charge in [-0.25, -0.2) is 0 Å². The smallest absolute Gasteiger partial charge is 0.00431 e. The molecule has 1 aliphatic heterocycles. The summed E-state index contributed by atoms with van der Waals surface area (Å²) in [5.74, 6) is 1.54. The molecule has 0 amide bonds. The summed E-state index contributed by atoms with van der Waals surface area (Å²) >= 11 is 0. The standard InChI is InChI=1S/C15H23N/c1-12(2)11-13-3-5-14(6-4-13)15-7-9-16-10-8-15/h3-6,12,15-16H,7-11H2,1-2H3. The fraction of sp³-hybridized carbons (Fsp3) is 0.600. The van der Waals surface area contributed by atoms with Gasteiger partial charge in [-0.2, -0.15) is 0 Å². The third-order valence-corrected chi connectivity index (χ3v) is 3.43. The number of nitrogens with one attached hydrogen (secondary N) is 1. The Labute approximate surface area is 99.3 Å². The van der Waals surface area contributed by atoms with E-state index in [9.17, 15) is 0 Å². The second kappa shape index (κ2) is 5.49. The molecule has 1 aromatic carbocycles. The Balaban J connectivity index is 2.00. The average molecular weight is 217 g/mol. The number of piperidine rings is 1. The summed E-state index contributed by atoms with van der Waals surface area (Å²) in [4.78, 5) is 0. The van der Waals surface area contributed by atoms with Crippen molar-refractivity contribution in [1.82, 2.24) is 5.32 Å². The second-order valence-corrected chi connectivity index (χ2v) is 5.36. The number of rotatable bonds is 3. The lowest BCUT2D eigenvalue weighted by atomic mass is 9.89. The summed E-state index contributed by atoms with van der Waals surface area (Å²) in [6.07, 6.45) is 3.79. The first-order valence-corrected chi connectivity index (χ1v) is 6.55. The van der Waals surface area contributed by atoms with Crippen LogP contribution in [0.1, 0.15) is 43.7 Å². The molecular weight excluding hydrogens is 194 g/mol. The van der Waals surface area contributed by atoms with E-state index in [0.717, 1.165) is 11.8 Å². The molecule has 0 unspecified atom stereocenters. The van der Waals surface area contributed by atoms with E-state index in [1.54, 1.807) is 0 Å². The first-order chi connectivity index (χ1) is 7.75. The molecule has 0 saturated carbocycles. The van der Waals surface area contributed by atoms with E-state index in [0.29, 0.717) is 0 Å². The highest BCUT2D eigenvalue weighted by molar-refractivity contribution is 5.26. The number of benzene rings is 1. The summed E-state index contributed by atoms with van der Waals surface area (Å²) in [7, 11) is 0. The van der Waals surface area contributed by atoms with Crippen molar-refractivity contribution in [2.24, 2.45) is 5.92 Å². The maximum absolute atomic E-state index is 3.42. The van der Waals surface area contributed by atoms with E-state index in [1.165, 1.54) is 43.5 Å². The minimum Gasteiger partial charge on any atom is -0.317 e. The maximum Gasteiger partial charge on any atom is -0.00431 e. The van der Waals surface area contributed by atoms with Gasteiger partial charge in [-0.1, -0.05) is 38.1 Å². The Bertz CT molecular complexity index is 307. The first kappa shape index (κ1) is 11.7. The van der Waals surface area contributed by atoms with E-state index in [2.05, 4.69) is 43.4 Å². The fourth-order valence-electron chi connectivity index (χ4n) is 2.55. The van der Waals surface area contributed by atoms with Gasteiger partial charge in [0.2, 0.25) is 0 Å². The van der Waals surface area contributed by atoms with Gasteiger partial charge in [0.15, 0.2) is 0 Å². The molecule has 0 radical (unpaired) electrons. The van der Waals surface area contributed by atoms with Crippen molar-refractivity contribution < 1.29 is 0 Å². The minimum absolute atomic E-state index is 0.754. The molecule has 88 valence electrons. The van der Waals surface area contributed by atoms with Gasteiger partial charge in [0.1, 0.15) is 0 Å². The highest BCUT2D eigenvalue weighted by Gasteiger charge is 2.14. The molecule has 1 aliphatic rings. The van der Waals surface area contributed by atoms with Crippen LogP contribution in [0.4, 0.5) is 0 Å². The van der Waals surface area contributed by atoms with Gasteiger partial charge in [0.25, 0.3) is 0 Å². The van der Waals surface area contributed by atoms with Crippen LogP contribution in [0, 0.1) is 5.92 Å². The summed E-state index contributed by atoms with van der Waals surface area (Å²) in [6.45, 7) is 6.91. The fourth-order valence-corrected chi connectivity index (χ4v) is 2.55. The monoisotopic (exact) mass is 217 g/mol. The summed E-state index contributed by atoms with van der Waals surface area (Å²) in [6, 6.07) is 9.32. The predicted molar refractivity (Wildman–Crippen MR) is 69.8 cm³/mol. The molecule has 0 aliphatic carbocycles. The summed E-state index contributed by atoms with van der Waals surface area (Å²) < 4.78 is 0. The lowest BCUT2D eigenvalue weighted by Crippen LogP contribution is -2.26. The van der Waals surface area contributed by atoms with Crippen LogP contribution in [0.5, 0.6) is 0 Å². The zero-order valence-corrected chi connectivity index (χ0v) is 10.5. The number of hydrogen-bond acceptors (Lipinski definition) is 1. The molecule has 16 heavy (non-hydrogen) atoms. The Kier molecular flexibility index (Phi) is 4.00. The first-order valence-electron chi connectivity index (χ1n) is 6.55. The molecule has 0 aromatic heterocycles. The lowest BCUT2D eigenvalue weighted by molar-refractivity contribution is 0.460. The summed E-state index contributed by atoms with van der Waals surface area (Å²) in [5, 5.41) is 3.42. The maximum atomic E-state index is 3.42. The highest BCUT2D eigenvalue weighted by atomic mass is 14.9. The zero-order valence-electron chi connectivity index (χ0n) is 10.5. The van der Waals surface area contributed by atoms with Gasteiger partial charge < -0.3 is 5.32 Å². The van der Waals surface area contributed by atoms with Crippen LogP contribution in [-0.4, -0.2) is 13.1 Å². The molecule has 1 heteroatoms. The number of hydrogen-bond donors (Lipinski definition) is 1.